The molecule has 2 aliphatic heterocycles. The van der Waals surface area contributed by atoms with Crippen molar-refractivity contribution in [2.24, 2.45) is 0 Å². The Morgan fingerprint density at radius 2 is 2.07 bits per heavy atom. The van der Waals surface area contributed by atoms with Crippen LogP contribution < -0.4 is 14.8 Å². The molecule has 1 aliphatic carbocycles. The van der Waals surface area contributed by atoms with Gasteiger partial charge in [0, 0.05) is 25.0 Å². The molecule has 1 amide bonds. The van der Waals surface area contributed by atoms with E-state index >= 15 is 0 Å². The van der Waals surface area contributed by atoms with Gasteiger partial charge in [0.25, 0.3) is 5.91 Å². The second-order valence-electron chi connectivity index (χ2n) is 7.08. The number of hydrogen-bond donors (Lipinski definition) is 2. The van der Waals surface area contributed by atoms with Crippen molar-refractivity contribution in [2.45, 2.75) is 50.4 Å². The summed E-state index contributed by atoms with van der Waals surface area (Å²) in [6.07, 6.45) is 5.45. The summed E-state index contributed by atoms with van der Waals surface area (Å²) < 4.78 is 22.5. The second kappa shape index (κ2) is 8.19. The fraction of sp³-hybridized carbons (Fsp3) is 0.550. The number of benzene rings is 1. The topological polar surface area (TPSA) is 86.3 Å². The van der Waals surface area contributed by atoms with Crippen molar-refractivity contribution in [2.75, 3.05) is 20.0 Å². The molecule has 2 atom stereocenters. The van der Waals surface area contributed by atoms with Crippen molar-refractivity contribution in [3.63, 3.8) is 0 Å². The van der Waals surface area contributed by atoms with Gasteiger partial charge >= 0.3 is 0 Å². The Kier molecular flexibility index (Phi) is 5.50. The van der Waals surface area contributed by atoms with E-state index in [4.69, 9.17) is 24.1 Å². The predicted molar refractivity (Wildman–Crippen MR) is 96.3 cm³/mol. The molecule has 3 aliphatic rings. The highest BCUT2D eigenvalue weighted by molar-refractivity contribution is 5.92. The molecule has 27 heavy (non-hydrogen) atoms. The van der Waals surface area contributed by atoms with E-state index in [-0.39, 0.29) is 31.3 Å². The van der Waals surface area contributed by atoms with E-state index in [1.807, 2.05) is 24.3 Å². The highest BCUT2D eigenvalue weighted by Gasteiger charge is 2.32. The quantitative estimate of drug-likeness (QED) is 0.678. The van der Waals surface area contributed by atoms with E-state index in [0.29, 0.717) is 25.2 Å². The van der Waals surface area contributed by atoms with Crippen LogP contribution in [0.5, 0.6) is 11.5 Å². The van der Waals surface area contributed by atoms with Crippen LogP contribution in [0.4, 0.5) is 0 Å². The third-order valence-electron chi connectivity index (χ3n) is 4.87. The Bertz CT molecular complexity index is 714. The number of allylic oxidation sites excluding steroid dienone is 1. The minimum absolute atomic E-state index is 0.0176. The molecule has 1 saturated carbocycles. The zero-order valence-corrected chi connectivity index (χ0v) is 15.2. The predicted octanol–water partition coefficient (Wildman–Crippen LogP) is 2.20. The minimum Gasteiger partial charge on any atom is -0.459 e. The Hall–Kier alpha value is -2.25. The molecular formula is C20H25NO6. The molecule has 1 aromatic carbocycles. The number of hydrogen-bond acceptors (Lipinski definition) is 6. The first-order valence-electron chi connectivity index (χ1n) is 9.54. The fourth-order valence-corrected chi connectivity index (χ4v) is 3.21. The summed E-state index contributed by atoms with van der Waals surface area (Å²) in [7, 11) is 0. The van der Waals surface area contributed by atoms with Gasteiger partial charge in [-0.05, 0) is 49.5 Å². The number of ether oxygens (including phenoxy) is 4. The fourth-order valence-electron chi connectivity index (χ4n) is 3.21. The first-order valence-corrected chi connectivity index (χ1v) is 9.54. The van der Waals surface area contributed by atoms with Crippen LogP contribution in [-0.4, -0.2) is 43.4 Å². The molecule has 1 fully saturated rings. The summed E-state index contributed by atoms with van der Waals surface area (Å²) >= 11 is 0. The number of nitrogens with one attached hydrogen (secondary N) is 1. The number of unbranched alkanes of at least 4 members (excludes halogenated alkanes) is 1. The summed E-state index contributed by atoms with van der Waals surface area (Å²) in [5.41, 5.74) is 1.03. The van der Waals surface area contributed by atoms with Gasteiger partial charge in [-0.3, -0.25) is 4.79 Å². The van der Waals surface area contributed by atoms with Crippen LogP contribution in [-0.2, 0) is 14.3 Å². The summed E-state index contributed by atoms with van der Waals surface area (Å²) in [5, 5.41) is 11.9. The Labute approximate surface area is 158 Å². The minimum atomic E-state index is -0.496. The van der Waals surface area contributed by atoms with E-state index in [0.717, 1.165) is 36.3 Å². The van der Waals surface area contributed by atoms with E-state index < -0.39 is 6.29 Å². The molecule has 0 bridgehead atoms. The maximum absolute atomic E-state index is 12.5. The summed E-state index contributed by atoms with van der Waals surface area (Å²) in [6, 6.07) is 6.09. The van der Waals surface area contributed by atoms with Gasteiger partial charge in [-0.2, -0.15) is 0 Å². The number of rotatable bonds is 8. The smallest absolute Gasteiger partial charge is 0.286 e. The maximum atomic E-state index is 12.5. The monoisotopic (exact) mass is 375 g/mol. The van der Waals surface area contributed by atoms with Crippen LogP contribution >= 0.6 is 0 Å². The van der Waals surface area contributed by atoms with Gasteiger partial charge in [0.15, 0.2) is 17.3 Å². The van der Waals surface area contributed by atoms with Crippen molar-refractivity contribution < 1.29 is 28.8 Å². The van der Waals surface area contributed by atoms with E-state index in [1.165, 1.54) is 0 Å². The standard InChI is InChI=1S/C20H25NO6/c22-7-1-2-8-24-19-11-14(10-18(27-19)20(23)21-15-4-5-15)13-3-6-16-17(9-13)26-12-25-16/h3,6,9-10,14-15,19,22H,1-2,4-5,7-8,11-12H2,(H,21,23)/t14-,19+/m1/s1. The molecule has 0 radical (unpaired) electrons. The van der Waals surface area contributed by atoms with Gasteiger partial charge in [0.05, 0.1) is 6.61 Å². The van der Waals surface area contributed by atoms with Gasteiger partial charge in [-0.15, -0.1) is 0 Å². The van der Waals surface area contributed by atoms with Crippen molar-refractivity contribution in [3.05, 3.63) is 35.6 Å². The average molecular weight is 375 g/mol. The molecule has 4 rings (SSSR count). The number of carbonyl (C=O) groups is 1. The molecule has 2 N–H and O–H groups in total. The van der Waals surface area contributed by atoms with Crippen LogP contribution in [0.2, 0.25) is 0 Å². The number of amides is 1. The van der Waals surface area contributed by atoms with Crippen molar-refractivity contribution in [1.82, 2.24) is 5.32 Å². The van der Waals surface area contributed by atoms with Crippen LogP contribution in [0.15, 0.2) is 30.0 Å². The van der Waals surface area contributed by atoms with Crippen molar-refractivity contribution >= 4 is 5.91 Å². The zero-order chi connectivity index (χ0) is 18.6. The average Bonchev–Trinajstić information content (AvgIpc) is 3.37. The Morgan fingerprint density at radius 1 is 1.22 bits per heavy atom. The zero-order valence-electron chi connectivity index (χ0n) is 15.2. The van der Waals surface area contributed by atoms with Gasteiger partial charge < -0.3 is 29.4 Å². The normalized spacial score (nSPS) is 23.5. The molecule has 0 aromatic heterocycles. The van der Waals surface area contributed by atoms with Gasteiger partial charge in [0.2, 0.25) is 13.1 Å². The molecule has 0 saturated heterocycles. The van der Waals surface area contributed by atoms with Gasteiger partial charge in [-0.1, -0.05) is 6.07 Å². The van der Waals surface area contributed by atoms with Crippen LogP contribution in [0.25, 0.3) is 0 Å². The highest BCUT2D eigenvalue weighted by atomic mass is 16.7. The number of aliphatic hydroxyl groups is 1. The largest absolute Gasteiger partial charge is 0.459 e. The first kappa shape index (κ1) is 18.1. The molecule has 7 heteroatoms. The van der Waals surface area contributed by atoms with Crippen molar-refractivity contribution in [1.29, 1.82) is 0 Å². The molecule has 0 unspecified atom stereocenters. The first-order chi connectivity index (χ1) is 13.2. The Morgan fingerprint density at radius 3 is 2.89 bits per heavy atom. The number of fused-ring (bicyclic) bond motifs is 1. The lowest BCUT2D eigenvalue weighted by Gasteiger charge is -2.29. The molecule has 2 heterocycles. The third kappa shape index (κ3) is 4.54. The lowest BCUT2D eigenvalue weighted by molar-refractivity contribution is -0.146. The van der Waals surface area contributed by atoms with Crippen LogP contribution in [0, 0.1) is 0 Å². The van der Waals surface area contributed by atoms with Crippen LogP contribution in [0.3, 0.4) is 0 Å². The molecule has 1 aromatic rings. The Balaban J connectivity index is 1.49. The van der Waals surface area contributed by atoms with E-state index in [9.17, 15) is 4.79 Å². The molecule has 146 valence electrons. The lowest BCUT2D eigenvalue weighted by atomic mass is 9.92. The third-order valence-corrected chi connectivity index (χ3v) is 4.87. The van der Waals surface area contributed by atoms with Gasteiger partial charge in [-0.25, -0.2) is 0 Å². The second-order valence-corrected chi connectivity index (χ2v) is 7.08. The number of aliphatic hydroxyl groups excluding tert-OH is 1. The van der Waals surface area contributed by atoms with Crippen LogP contribution in [0.1, 0.15) is 43.6 Å². The van der Waals surface area contributed by atoms with E-state index in [2.05, 4.69) is 5.32 Å². The lowest BCUT2D eigenvalue weighted by Crippen LogP contribution is -2.34. The van der Waals surface area contributed by atoms with Gasteiger partial charge in [0.1, 0.15) is 0 Å². The number of carbonyl (C=O) groups excluding carboxylic acids is 1. The molecule has 7 nitrogen and oxygen atoms in total. The van der Waals surface area contributed by atoms with E-state index in [1.54, 1.807) is 0 Å². The SMILES string of the molecule is O=C(NC1CC1)C1=C[C@@H](c2ccc3c(c2)OCO3)C[C@@H](OCCCCO)O1. The van der Waals surface area contributed by atoms with Crippen molar-refractivity contribution in [3.8, 4) is 11.5 Å². The molecule has 0 spiro atoms. The summed E-state index contributed by atoms with van der Waals surface area (Å²) in [4.78, 5) is 12.5. The summed E-state index contributed by atoms with van der Waals surface area (Å²) in [6.45, 7) is 0.855. The highest BCUT2D eigenvalue weighted by Crippen LogP contribution is 2.38. The maximum Gasteiger partial charge on any atom is 0.286 e. The molecular weight excluding hydrogens is 350 g/mol. The summed E-state index contributed by atoms with van der Waals surface area (Å²) in [5.74, 6) is 1.56.